The minimum Gasteiger partial charge on any atom is -0.493 e. The average Bonchev–Trinajstić information content (AvgIpc) is 3.78. The van der Waals surface area contributed by atoms with Crippen molar-refractivity contribution in [2.24, 2.45) is 13.0 Å². The predicted molar refractivity (Wildman–Crippen MR) is 147 cm³/mol. The minimum atomic E-state index is -0.249. The number of nitriles is 1. The molecule has 4 heterocycles. The van der Waals surface area contributed by atoms with E-state index in [1.165, 1.54) is 23.5 Å². The molecule has 0 radical (unpaired) electrons. The highest BCUT2D eigenvalue weighted by molar-refractivity contribution is 5.93. The van der Waals surface area contributed by atoms with E-state index in [-0.39, 0.29) is 35.3 Å². The van der Waals surface area contributed by atoms with Crippen molar-refractivity contribution in [2.45, 2.75) is 57.7 Å². The first-order chi connectivity index (χ1) is 18.9. The van der Waals surface area contributed by atoms with Crippen molar-refractivity contribution in [3.63, 3.8) is 0 Å². The van der Waals surface area contributed by atoms with Gasteiger partial charge in [0.2, 0.25) is 5.75 Å². The van der Waals surface area contributed by atoms with E-state index in [0.29, 0.717) is 65.9 Å². The van der Waals surface area contributed by atoms with Gasteiger partial charge >= 0.3 is 0 Å². The highest BCUT2D eigenvalue weighted by Crippen LogP contribution is 2.41. The van der Waals surface area contributed by atoms with Gasteiger partial charge in [0.25, 0.3) is 5.56 Å². The van der Waals surface area contributed by atoms with E-state index < -0.39 is 0 Å². The summed E-state index contributed by atoms with van der Waals surface area (Å²) in [5.41, 5.74) is 2.66. The number of benzene rings is 1. The largest absolute Gasteiger partial charge is 0.493 e. The Morgan fingerprint density at radius 2 is 2.08 bits per heavy atom. The van der Waals surface area contributed by atoms with Crippen LogP contribution in [-0.2, 0) is 7.05 Å². The zero-order valence-corrected chi connectivity index (χ0v) is 22.7. The first-order valence-corrected chi connectivity index (χ1v) is 13.9. The molecule has 3 aromatic rings. The predicted octanol–water partition coefficient (Wildman–Crippen LogP) is 4.55. The normalized spacial score (nSPS) is 21.6. The molecule has 0 unspecified atom stereocenters. The summed E-state index contributed by atoms with van der Waals surface area (Å²) in [5.74, 6) is 1.23. The van der Waals surface area contributed by atoms with Crippen LogP contribution in [0.3, 0.4) is 0 Å². The minimum absolute atomic E-state index is 0.0416. The van der Waals surface area contributed by atoms with Crippen LogP contribution in [0.4, 0.5) is 10.1 Å². The lowest BCUT2D eigenvalue weighted by atomic mass is 9.95. The van der Waals surface area contributed by atoms with Crippen LogP contribution in [0.2, 0.25) is 0 Å². The van der Waals surface area contributed by atoms with Gasteiger partial charge in [0.1, 0.15) is 41.1 Å². The fraction of sp³-hybridized carbons (Fsp3) is 0.500. The standard InChI is InChI=1S/C30H34FN5O3/c1-4-5-21-14-36-22(15-35(21)18(2)24-10-9-23(12-25(24)31)38-16-19-6-7-19)17-39-29-28(36)27-26(34(3)30(29)37)11-8-20(13-32)33-27/h8-12,18-19,21-22H,4-7,14-17H2,1-3H3/t18-,21+,22-/m0/s1. The van der Waals surface area contributed by atoms with E-state index in [2.05, 4.69) is 34.7 Å². The maximum atomic E-state index is 15.4. The van der Waals surface area contributed by atoms with Crippen LogP contribution in [0.15, 0.2) is 35.1 Å². The van der Waals surface area contributed by atoms with Gasteiger partial charge in [-0.15, -0.1) is 0 Å². The number of nitrogens with zero attached hydrogens (tertiary/aromatic N) is 5. The van der Waals surface area contributed by atoms with Crippen LogP contribution in [0.1, 0.15) is 56.8 Å². The van der Waals surface area contributed by atoms with Crippen LogP contribution in [0.5, 0.6) is 11.5 Å². The number of ether oxygens (including phenoxy) is 2. The number of anilines is 1. The quantitative estimate of drug-likeness (QED) is 0.442. The Kier molecular flexibility index (Phi) is 6.67. The number of aromatic nitrogens is 2. The number of aryl methyl sites for hydroxylation is 1. The molecule has 3 aliphatic rings. The molecule has 3 atom stereocenters. The molecule has 1 saturated carbocycles. The summed E-state index contributed by atoms with van der Waals surface area (Å²) in [6.07, 6.45) is 4.28. The Morgan fingerprint density at radius 3 is 2.79 bits per heavy atom. The van der Waals surface area contributed by atoms with Crippen LogP contribution >= 0.6 is 0 Å². The number of hydrogen-bond acceptors (Lipinski definition) is 7. The lowest BCUT2D eigenvalue weighted by Gasteiger charge is -2.51. The SMILES string of the molecule is CCC[C@@H]1CN2c3c(c(=O)n(C)c4ccc(C#N)nc34)OC[C@@H]2CN1[C@@H](C)c1ccc(OCC2CC2)cc1F. The maximum absolute atomic E-state index is 15.4. The maximum Gasteiger partial charge on any atom is 0.295 e. The Hall–Kier alpha value is -3.64. The summed E-state index contributed by atoms with van der Waals surface area (Å²) < 4.78 is 28.8. The van der Waals surface area contributed by atoms with Crippen molar-refractivity contribution in [1.29, 1.82) is 5.26 Å². The molecule has 2 aliphatic heterocycles. The first kappa shape index (κ1) is 25.6. The summed E-state index contributed by atoms with van der Waals surface area (Å²) in [6, 6.07) is 10.7. The molecular weight excluding hydrogens is 497 g/mol. The van der Waals surface area contributed by atoms with E-state index in [4.69, 9.17) is 9.47 Å². The summed E-state index contributed by atoms with van der Waals surface area (Å²) in [7, 11) is 1.70. The first-order valence-electron chi connectivity index (χ1n) is 13.9. The van der Waals surface area contributed by atoms with Crippen molar-refractivity contribution in [3.05, 3.63) is 57.8 Å². The molecule has 8 nitrogen and oxygen atoms in total. The van der Waals surface area contributed by atoms with Crippen molar-refractivity contribution >= 4 is 16.7 Å². The number of halogens is 1. The van der Waals surface area contributed by atoms with Crippen LogP contribution in [0, 0.1) is 23.1 Å². The van der Waals surface area contributed by atoms with E-state index in [1.807, 2.05) is 12.1 Å². The van der Waals surface area contributed by atoms with Gasteiger partial charge in [0.05, 0.1) is 18.2 Å². The van der Waals surface area contributed by atoms with Gasteiger partial charge in [0.15, 0.2) is 0 Å². The van der Waals surface area contributed by atoms with Crippen LogP contribution in [-0.4, -0.2) is 52.8 Å². The fourth-order valence-electron chi connectivity index (χ4n) is 6.07. The molecule has 204 valence electrons. The van der Waals surface area contributed by atoms with Crippen molar-refractivity contribution in [3.8, 4) is 17.6 Å². The molecule has 6 rings (SSSR count). The second-order valence-electron chi connectivity index (χ2n) is 11.1. The Balaban J connectivity index is 1.33. The van der Waals surface area contributed by atoms with Crippen LogP contribution in [0.25, 0.3) is 11.0 Å². The summed E-state index contributed by atoms with van der Waals surface area (Å²) in [6.45, 7) is 6.53. The second-order valence-corrected chi connectivity index (χ2v) is 11.1. The zero-order chi connectivity index (χ0) is 27.3. The van der Waals surface area contributed by atoms with Gasteiger partial charge in [-0.3, -0.25) is 9.69 Å². The molecule has 1 aliphatic carbocycles. The summed E-state index contributed by atoms with van der Waals surface area (Å²) >= 11 is 0. The monoisotopic (exact) mass is 531 g/mol. The van der Waals surface area contributed by atoms with Gasteiger partial charge in [-0.1, -0.05) is 19.4 Å². The lowest BCUT2D eigenvalue weighted by Crippen LogP contribution is -2.62. The number of fused-ring (bicyclic) bond motifs is 5. The van der Waals surface area contributed by atoms with E-state index >= 15 is 4.39 Å². The number of piperazine rings is 1. The molecule has 0 N–H and O–H groups in total. The Bertz CT molecular complexity index is 1510. The highest BCUT2D eigenvalue weighted by Gasteiger charge is 2.42. The van der Waals surface area contributed by atoms with Gasteiger partial charge in [0, 0.05) is 43.9 Å². The van der Waals surface area contributed by atoms with Gasteiger partial charge in [-0.05, 0) is 50.3 Å². The van der Waals surface area contributed by atoms with Crippen molar-refractivity contribution in [1.82, 2.24) is 14.5 Å². The molecule has 0 amide bonds. The number of rotatable bonds is 7. The van der Waals surface area contributed by atoms with Gasteiger partial charge < -0.3 is 18.9 Å². The molecule has 1 saturated heterocycles. The van der Waals surface area contributed by atoms with Gasteiger partial charge in [-0.25, -0.2) is 9.37 Å². The summed E-state index contributed by atoms with van der Waals surface area (Å²) in [4.78, 5) is 22.5. The van der Waals surface area contributed by atoms with Crippen LogP contribution < -0.4 is 19.9 Å². The Morgan fingerprint density at radius 1 is 1.26 bits per heavy atom. The molecular formula is C30H34FN5O3. The lowest BCUT2D eigenvalue weighted by molar-refractivity contribution is 0.0768. The molecule has 2 aromatic heterocycles. The summed E-state index contributed by atoms with van der Waals surface area (Å²) in [5, 5.41) is 9.50. The third-order valence-corrected chi connectivity index (χ3v) is 8.46. The third kappa shape index (κ3) is 4.61. The molecule has 1 aromatic carbocycles. The van der Waals surface area contributed by atoms with E-state index in [9.17, 15) is 10.1 Å². The third-order valence-electron chi connectivity index (χ3n) is 8.46. The molecule has 0 spiro atoms. The number of pyridine rings is 2. The topological polar surface area (TPSA) is 83.6 Å². The Labute approximate surface area is 227 Å². The van der Waals surface area contributed by atoms with E-state index in [0.717, 1.165) is 12.8 Å². The second kappa shape index (κ2) is 10.2. The zero-order valence-electron chi connectivity index (χ0n) is 22.7. The van der Waals surface area contributed by atoms with E-state index in [1.54, 1.807) is 19.2 Å². The highest BCUT2D eigenvalue weighted by atomic mass is 19.1. The molecule has 0 bridgehead atoms. The fourth-order valence-corrected chi connectivity index (χ4v) is 6.07. The molecule has 9 heteroatoms. The average molecular weight is 532 g/mol. The van der Waals surface area contributed by atoms with Gasteiger partial charge in [-0.2, -0.15) is 5.26 Å². The molecule has 2 fully saturated rings. The van der Waals surface area contributed by atoms with Crippen molar-refractivity contribution < 1.29 is 13.9 Å². The van der Waals surface area contributed by atoms with Crippen molar-refractivity contribution in [2.75, 3.05) is 31.2 Å². The molecule has 39 heavy (non-hydrogen) atoms. The smallest absolute Gasteiger partial charge is 0.295 e. The number of hydrogen-bond donors (Lipinski definition) is 0.